The average molecular weight is 852 g/mol. The van der Waals surface area contributed by atoms with Gasteiger partial charge in [0.1, 0.15) is 10.6 Å². The van der Waals surface area contributed by atoms with Crippen LogP contribution in [0.3, 0.4) is 0 Å². The predicted molar refractivity (Wildman–Crippen MR) is 241 cm³/mol. The van der Waals surface area contributed by atoms with Gasteiger partial charge in [0.15, 0.2) is 9.84 Å². The molecule has 2 aromatic carbocycles. The third kappa shape index (κ3) is 12.9. The smallest absolute Gasteiger partial charge is 0.210 e. The van der Waals surface area contributed by atoms with E-state index in [2.05, 4.69) is 38.6 Å². The average Bonchev–Trinajstić information content (AvgIpc) is 3.24. The summed E-state index contributed by atoms with van der Waals surface area (Å²) in [5, 5.41) is 0.550. The second-order valence-electron chi connectivity index (χ2n) is 17.7. The molecule has 59 heavy (non-hydrogen) atoms. The van der Waals surface area contributed by atoms with Crippen molar-refractivity contribution in [1.82, 2.24) is 19.7 Å². The Labute approximate surface area is 356 Å². The second kappa shape index (κ2) is 22.4. The van der Waals surface area contributed by atoms with Crippen LogP contribution in [-0.4, -0.2) is 121 Å². The maximum Gasteiger partial charge on any atom is 0.210 e. The number of benzene rings is 2. The van der Waals surface area contributed by atoms with Gasteiger partial charge in [-0.25, -0.2) is 16.8 Å². The predicted octanol–water partition coefficient (Wildman–Crippen LogP) is 9.01. The molecule has 12 heteroatoms. The molecule has 3 aromatic rings. The lowest BCUT2D eigenvalue weighted by Crippen LogP contribution is -2.54. The summed E-state index contributed by atoms with van der Waals surface area (Å²) in [7, 11) is -5.33. The van der Waals surface area contributed by atoms with Crippen molar-refractivity contribution in [3.8, 4) is 5.75 Å². The highest BCUT2D eigenvalue weighted by Gasteiger charge is 2.34. The van der Waals surface area contributed by atoms with E-state index in [0.717, 1.165) is 65.0 Å². The number of likely N-dealkylation sites (tertiary alicyclic amines) is 1. The van der Waals surface area contributed by atoms with Crippen molar-refractivity contribution in [2.75, 3.05) is 77.2 Å². The Morgan fingerprint density at radius 1 is 0.627 bits per heavy atom. The number of likely N-dealkylation sites (N-methyl/N-ethyl adjacent to an activating group) is 1. The molecule has 4 heterocycles. The maximum atomic E-state index is 14.5. The molecular formula is C47H73N5O5S2. The first-order valence-electron chi connectivity index (χ1n) is 23.1. The molecule has 3 aliphatic rings. The number of sulfone groups is 2. The highest BCUT2D eigenvalue weighted by Crippen LogP contribution is 2.39. The van der Waals surface area contributed by atoms with E-state index >= 15 is 0 Å². The van der Waals surface area contributed by atoms with E-state index in [1.165, 1.54) is 102 Å². The Kier molecular flexibility index (Phi) is 17.3. The summed E-state index contributed by atoms with van der Waals surface area (Å²) in [5.74, 6) is 0.655. The number of anilines is 1. The minimum atomic E-state index is -4.01. The van der Waals surface area contributed by atoms with Crippen LogP contribution in [0.15, 0.2) is 63.3 Å². The van der Waals surface area contributed by atoms with Crippen molar-refractivity contribution < 1.29 is 21.6 Å². The third-order valence-corrected chi connectivity index (χ3v) is 16.1. The van der Waals surface area contributed by atoms with Crippen LogP contribution in [0, 0.1) is 0 Å². The van der Waals surface area contributed by atoms with Crippen molar-refractivity contribution in [3.05, 3.63) is 48.7 Å². The van der Waals surface area contributed by atoms with Crippen molar-refractivity contribution in [2.24, 2.45) is 0 Å². The zero-order valence-corrected chi connectivity index (χ0v) is 38.1. The topological polar surface area (TPSA) is 103 Å². The van der Waals surface area contributed by atoms with Gasteiger partial charge in [0.05, 0.1) is 27.6 Å². The highest BCUT2D eigenvalue weighted by molar-refractivity contribution is 7.91. The fraction of sp³-hybridized carbons (Fsp3) is 0.681. The lowest BCUT2D eigenvalue weighted by Gasteiger charge is -2.46. The summed E-state index contributed by atoms with van der Waals surface area (Å²) in [4.78, 5) is 14.9. The molecule has 0 amide bonds. The van der Waals surface area contributed by atoms with E-state index in [0.29, 0.717) is 54.1 Å². The Morgan fingerprint density at radius 2 is 1.14 bits per heavy atom. The van der Waals surface area contributed by atoms with Gasteiger partial charge in [0, 0.05) is 69.2 Å². The number of ether oxygens (including phenoxy) is 1. The van der Waals surface area contributed by atoms with Crippen LogP contribution in [0.2, 0.25) is 0 Å². The number of unbranched alkanes of at least 4 members (excludes halogenated alkanes) is 13. The van der Waals surface area contributed by atoms with Gasteiger partial charge >= 0.3 is 0 Å². The Balaban J connectivity index is 1.03. The second-order valence-corrected chi connectivity index (χ2v) is 21.6. The van der Waals surface area contributed by atoms with Crippen LogP contribution >= 0.6 is 0 Å². The summed E-state index contributed by atoms with van der Waals surface area (Å²) in [6, 6.07) is 12.7. The maximum absolute atomic E-state index is 14.5. The zero-order chi connectivity index (χ0) is 41.7. The lowest BCUT2D eigenvalue weighted by molar-refractivity contribution is 0.0495. The number of nitrogens with zero attached hydrogens (tertiary/aromatic N) is 5. The van der Waals surface area contributed by atoms with Gasteiger partial charge in [0.2, 0.25) is 9.84 Å². The first-order chi connectivity index (χ1) is 28.5. The number of hydrogen-bond donors (Lipinski definition) is 0. The Hall–Kier alpha value is -2.77. The molecular weight excluding hydrogens is 779 g/mol. The lowest BCUT2D eigenvalue weighted by atomic mass is 9.96. The van der Waals surface area contributed by atoms with Crippen LogP contribution in [0.4, 0.5) is 5.69 Å². The van der Waals surface area contributed by atoms with Gasteiger partial charge in [-0.05, 0) is 94.7 Å². The number of hydrogen-bond acceptors (Lipinski definition) is 10. The van der Waals surface area contributed by atoms with Crippen LogP contribution in [0.1, 0.15) is 122 Å². The summed E-state index contributed by atoms with van der Waals surface area (Å²) >= 11 is 0. The first-order valence-corrected chi connectivity index (χ1v) is 26.4. The molecule has 1 aromatic heterocycles. The van der Waals surface area contributed by atoms with Crippen molar-refractivity contribution >= 4 is 36.3 Å². The first kappa shape index (κ1) is 45.7. The molecule has 328 valence electrons. The van der Waals surface area contributed by atoms with Gasteiger partial charge in [0.25, 0.3) is 0 Å². The normalized spacial score (nSPS) is 18.5. The van der Waals surface area contributed by atoms with Gasteiger partial charge in [-0.15, -0.1) is 0 Å². The van der Waals surface area contributed by atoms with Gasteiger partial charge in [-0.2, -0.15) is 0 Å². The molecule has 0 saturated carbocycles. The van der Waals surface area contributed by atoms with E-state index in [9.17, 15) is 16.8 Å². The van der Waals surface area contributed by atoms with Gasteiger partial charge in [-0.1, -0.05) is 90.4 Å². The van der Waals surface area contributed by atoms with E-state index in [1.54, 1.807) is 42.5 Å². The molecule has 0 unspecified atom stereocenters. The third-order valence-electron chi connectivity index (χ3n) is 13.2. The quantitative estimate of drug-likeness (QED) is 0.0911. The summed E-state index contributed by atoms with van der Waals surface area (Å²) in [6.45, 7) is 11.0. The van der Waals surface area contributed by atoms with E-state index in [1.807, 2.05) is 0 Å². The van der Waals surface area contributed by atoms with Gasteiger partial charge in [-0.3, -0.25) is 9.88 Å². The standard InChI is InChI=1S/C47H73N5O5S2/c1-4-5-6-7-8-9-10-11-12-13-14-15-16-17-36-57-41-18-20-42(21-19-41)59(55,56)46-38-48-45-23-22-43(58(3,53)54)37-44(45)47(46)52-30-26-39(27-31-52)50-28-24-40(25-29-50)51-34-32-49(2)33-35-51/h18-23,37-40H,4-17,24-36H2,1-3H3. The highest BCUT2D eigenvalue weighted by atomic mass is 32.2. The minimum absolute atomic E-state index is 0.109. The molecule has 0 N–H and O–H groups in total. The molecule has 3 aliphatic heterocycles. The van der Waals surface area contributed by atoms with Gasteiger partial charge < -0.3 is 19.4 Å². The fourth-order valence-electron chi connectivity index (χ4n) is 9.48. The monoisotopic (exact) mass is 852 g/mol. The Morgan fingerprint density at radius 3 is 1.69 bits per heavy atom. The largest absolute Gasteiger partial charge is 0.494 e. The molecule has 3 fully saturated rings. The number of pyridine rings is 1. The van der Waals surface area contributed by atoms with Crippen molar-refractivity contribution in [2.45, 2.75) is 149 Å². The summed E-state index contributed by atoms with van der Waals surface area (Å²) in [6.07, 6.45) is 25.1. The molecule has 0 aliphatic carbocycles. The van der Waals surface area contributed by atoms with Crippen molar-refractivity contribution in [1.29, 1.82) is 0 Å². The van der Waals surface area contributed by atoms with E-state index < -0.39 is 19.7 Å². The van der Waals surface area contributed by atoms with Crippen LogP contribution in [0.5, 0.6) is 5.75 Å². The number of fused-ring (bicyclic) bond motifs is 1. The van der Waals surface area contributed by atoms with Crippen molar-refractivity contribution in [3.63, 3.8) is 0 Å². The molecule has 6 rings (SSSR count). The van der Waals surface area contributed by atoms with E-state index in [4.69, 9.17) is 4.74 Å². The zero-order valence-electron chi connectivity index (χ0n) is 36.5. The minimum Gasteiger partial charge on any atom is -0.494 e. The fourth-order valence-corrected chi connectivity index (χ4v) is 11.6. The number of aromatic nitrogens is 1. The van der Waals surface area contributed by atoms with Crippen LogP contribution in [-0.2, 0) is 19.7 Å². The molecule has 0 bridgehead atoms. The molecule has 3 saturated heterocycles. The number of piperazine rings is 1. The molecule has 0 atom stereocenters. The summed E-state index contributed by atoms with van der Waals surface area (Å²) in [5.41, 5.74) is 1.12. The summed E-state index contributed by atoms with van der Waals surface area (Å²) < 4.78 is 60.4. The SMILES string of the molecule is CCCCCCCCCCCCCCCCOc1ccc(S(=O)(=O)c2cnc3ccc(S(C)(=O)=O)cc3c2N2CCC(N3CCC(N4CCN(C)CC4)CC3)CC2)cc1. The number of rotatable bonds is 22. The van der Waals surface area contributed by atoms with Crippen LogP contribution in [0.25, 0.3) is 10.9 Å². The molecule has 0 radical (unpaired) electrons. The number of piperidine rings is 2. The molecule has 0 spiro atoms. The molecule has 10 nitrogen and oxygen atoms in total. The van der Waals surface area contributed by atoms with Crippen LogP contribution < -0.4 is 9.64 Å². The Bertz CT molecular complexity index is 1950. The van der Waals surface area contributed by atoms with E-state index in [-0.39, 0.29) is 14.7 Å².